The lowest BCUT2D eigenvalue weighted by Crippen LogP contribution is -2.38. The van der Waals surface area contributed by atoms with Crippen LogP contribution in [-0.4, -0.2) is 43.0 Å². The van der Waals surface area contributed by atoms with Crippen LogP contribution >= 0.6 is 0 Å². The number of hydrogen-bond donors (Lipinski definition) is 2. The first kappa shape index (κ1) is 11.5. The molecule has 0 aromatic carbocycles. The first-order chi connectivity index (χ1) is 6.77. The van der Waals surface area contributed by atoms with Gasteiger partial charge >= 0.3 is 0 Å². The molecule has 3 N–H and O–H groups in total. The maximum absolute atomic E-state index is 11.1. The Labute approximate surface area is 85.8 Å². The molecular weight excluding hydrogens is 178 g/mol. The Morgan fingerprint density at radius 2 is 2.36 bits per heavy atom. The smallest absolute Gasteiger partial charge is 0.221 e. The average Bonchev–Trinajstić information content (AvgIpc) is 2.40. The van der Waals surface area contributed by atoms with Crippen molar-refractivity contribution in [2.45, 2.75) is 32.2 Å². The molecule has 1 atom stereocenters. The van der Waals surface area contributed by atoms with Crippen molar-refractivity contribution in [2.75, 3.05) is 26.2 Å². The van der Waals surface area contributed by atoms with Gasteiger partial charge in [-0.25, -0.2) is 0 Å². The largest absolute Gasteiger partial charge is 0.355 e. The standard InChI is InChI=1S/C10H21N3O/c1-2-9(3-5-11)13-7-4-10(14)12-6-8-13/h9H,2-8,11H2,1H3,(H,12,14). The van der Waals surface area contributed by atoms with Gasteiger partial charge in [0.25, 0.3) is 0 Å². The third-order valence-corrected chi connectivity index (χ3v) is 2.83. The number of nitrogens with zero attached hydrogens (tertiary/aromatic N) is 1. The molecule has 1 aliphatic heterocycles. The fourth-order valence-electron chi connectivity index (χ4n) is 1.99. The SMILES string of the molecule is CCC(CCN)N1CCNC(=O)CC1. The van der Waals surface area contributed by atoms with Crippen molar-refractivity contribution < 1.29 is 4.79 Å². The maximum Gasteiger partial charge on any atom is 0.221 e. The molecule has 0 bridgehead atoms. The number of rotatable bonds is 4. The highest BCUT2D eigenvalue weighted by molar-refractivity contribution is 5.76. The van der Waals surface area contributed by atoms with Crippen LogP contribution in [0, 0.1) is 0 Å². The van der Waals surface area contributed by atoms with Crippen LogP contribution in [0.4, 0.5) is 0 Å². The minimum absolute atomic E-state index is 0.176. The Morgan fingerprint density at radius 1 is 1.57 bits per heavy atom. The van der Waals surface area contributed by atoms with Gasteiger partial charge in [-0.05, 0) is 19.4 Å². The van der Waals surface area contributed by atoms with Gasteiger partial charge in [0.2, 0.25) is 5.91 Å². The Balaban J connectivity index is 2.43. The van der Waals surface area contributed by atoms with Gasteiger partial charge in [0.1, 0.15) is 0 Å². The summed E-state index contributed by atoms with van der Waals surface area (Å²) in [7, 11) is 0. The normalized spacial score (nSPS) is 21.4. The van der Waals surface area contributed by atoms with Gasteiger partial charge in [-0.3, -0.25) is 9.69 Å². The summed E-state index contributed by atoms with van der Waals surface area (Å²) in [6.45, 7) is 5.53. The van der Waals surface area contributed by atoms with E-state index in [9.17, 15) is 4.79 Å². The van der Waals surface area contributed by atoms with Crippen LogP contribution in [0.2, 0.25) is 0 Å². The van der Waals surface area contributed by atoms with Crippen molar-refractivity contribution >= 4 is 5.91 Å². The second kappa shape index (κ2) is 5.98. The van der Waals surface area contributed by atoms with E-state index < -0.39 is 0 Å². The minimum atomic E-state index is 0.176. The van der Waals surface area contributed by atoms with Gasteiger partial charge in [-0.2, -0.15) is 0 Å². The summed E-state index contributed by atoms with van der Waals surface area (Å²) in [5.74, 6) is 0.176. The minimum Gasteiger partial charge on any atom is -0.355 e. The molecule has 1 heterocycles. The van der Waals surface area contributed by atoms with Crippen molar-refractivity contribution in [3.8, 4) is 0 Å². The summed E-state index contributed by atoms with van der Waals surface area (Å²) in [5.41, 5.74) is 5.57. The fraction of sp³-hybridized carbons (Fsp3) is 0.900. The molecule has 0 spiro atoms. The first-order valence-electron chi connectivity index (χ1n) is 5.48. The molecule has 0 radical (unpaired) electrons. The van der Waals surface area contributed by atoms with Gasteiger partial charge in [0.15, 0.2) is 0 Å². The van der Waals surface area contributed by atoms with Crippen molar-refractivity contribution in [1.29, 1.82) is 0 Å². The lowest BCUT2D eigenvalue weighted by Gasteiger charge is -2.28. The average molecular weight is 199 g/mol. The Kier molecular flexibility index (Phi) is 4.90. The van der Waals surface area contributed by atoms with Gasteiger partial charge in [-0.15, -0.1) is 0 Å². The van der Waals surface area contributed by atoms with Crippen molar-refractivity contribution in [3.05, 3.63) is 0 Å². The van der Waals surface area contributed by atoms with Gasteiger partial charge in [0, 0.05) is 32.1 Å². The highest BCUT2D eigenvalue weighted by atomic mass is 16.1. The third-order valence-electron chi connectivity index (χ3n) is 2.83. The third kappa shape index (κ3) is 3.27. The lowest BCUT2D eigenvalue weighted by molar-refractivity contribution is -0.120. The zero-order valence-electron chi connectivity index (χ0n) is 8.96. The van der Waals surface area contributed by atoms with Gasteiger partial charge < -0.3 is 11.1 Å². The molecular formula is C10H21N3O. The van der Waals surface area contributed by atoms with Crippen LogP contribution in [0.5, 0.6) is 0 Å². The molecule has 1 unspecified atom stereocenters. The number of amides is 1. The van der Waals surface area contributed by atoms with E-state index in [-0.39, 0.29) is 5.91 Å². The van der Waals surface area contributed by atoms with E-state index in [4.69, 9.17) is 5.73 Å². The molecule has 0 aromatic heterocycles. The molecule has 0 aliphatic carbocycles. The number of carbonyl (C=O) groups excluding carboxylic acids is 1. The van der Waals surface area contributed by atoms with Crippen LogP contribution < -0.4 is 11.1 Å². The van der Waals surface area contributed by atoms with Gasteiger partial charge in [-0.1, -0.05) is 6.92 Å². The predicted octanol–water partition coefficient (Wildman–Crippen LogP) is -0.0643. The van der Waals surface area contributed by atoms with Crippen molar-refractivity contribution in [1.82, 2.24) is 10.2 Å². The van der Waals surface area contributed by atoms with Crippen molar-refractivity contribution in [3.63, 3.8) is 0 Å². The molecule has 4 nitrogen and oxygen atoms in total. The van der Waals surface area contributed by atoms with Crippen LogP contribution in [-0.2, 0) is 4.79 Å². The monoisotopic (exact) mass is 199 g/mol. The van der Waals surface area contributed by atoms with Crippen LogP contribution in [0.25, 0.3) is 0 Å². The van der Waals surface area contributed by atoms with Gasteiger partial charge in [0.05, 0.1) is 0 Å². The second-order valence-electron chi connectivity index (χ2n) is 3.78. The molecule has 1 amide bonds. The summed E-state index contributed by atoms with van der Waals surface area (Å²) in [4.78, 5) is 13.5. The molecule has 1 saturated heterocycles. The van der Waals surface area contributed by atoms with E-state index in [1.165, 1.54) is 0 Å². The van der Waals surface area contributed by atoms with E-state index in [2.05, 4.69) is 17.1 Å². The Bertz CT molecular complexity index is 184. The first-order valence-corrected chi connectivity index (χ1v) is 5.48. The van der Waals surface area contributed by atoms with E-state index in [0.29, 0.717) is 12.5 Å². The highest BCUT2D eigenvalue weighted by Crippen LogP contribution is 2.09. The number of carbonyl (C=O) groups is 1. The zero-order chi connectivity index (χ0) is 10.4. The summed E-state index contributed by atoms with van der Waals surface area (Å²) in [5, 5.41) is 2.88. The van der Waals surface area contributed by atoms with E-state index in [1.54, 1.807) is 0 Å². The topological polar surface area (TPSA) is 58.4 Å². The molecule has 1 fully saturated rings. The maximum atomic E-state index is 11.1. The molecule has 14 heavy (non-hydrogen) atoms. The van der Waals surface area contributed by atoms with E-state index >= 15 is 0 Å². The summed E-state index contributed by atoms with van der Waals surface area (Å²) in [6, 6.07) is 0.549. The predicted molar refractivity (Wildman–Crippen MR) is 57.0 cm³/mol. The number of hydrogen-bond acceptors (Lipinski definition) is 3. The zero-order valence-corrected chi connectivity index (χ0v) is 8.96. The number of nitrogens with two attached hydrogens (primary N) is 1. The molecule has 1 rings (SSSR count). The van der Waals surface area contributed by atoms with Crippen LogP contribution in [0.3, 0.4) is 0 Å². The lowest BCUT2D eigenvalue weighted by atomic mass is 10.1. The molecule has 0 saturated carbocycles. The molecule has 0 aromatic rings. The van der Waals surface area contributed by atoms with Crippen molar-refractivity contribution in [2.24, 2.45) is 5.73 Å². The summed E-state index contributed by atoms with van der Waals surface area (Å²) >= 11 is 0. The second-order valence-corrected chi connectivity index (χ2v) is 3.78. The molecule has 1 aliphatic rings. The van der Waals surface area contributed by atoms with Crippen LogP contribution in [0.15, 0.2) is 0 Å². The summed E-state index contributed by atoms with van der Waals surface area (Å²) < 4.78 is 0. The number of nitrogens with one attached hydrogen (secondary N) is 1. The molecule has 82 valence electrons. The highest BCUT2D eigenvalue weighted by Gasteiger charge is 2.19. The molecule has 4 heteroatoms. The van der Waals surface area contributed by atoms with Crippen LogP contribution in [0.1, 0.15) is 26.2 Å². The quantitative estimate of drug-likeness (QED) is 0.666. The van der Waals surface area contributed by atoms with E-state index in [1.807, 2.05) is 0 Å². The van der Waals surface area contributed by atoms with E-state index in [0.717, 1.165) is 39.0 Å². The fourth-order valence-corrected chi connectivity index (χ4v) is 1.99. The Morgan fingerprint density at radius 3 is 3.00 bits per heavy atom. The summed E-state index contributed by atoms with van der Waals surface area (Å²) in [6.07, 6.45) is 2.77. The Hall–Kier alpha value is -0.610.